The predicted molar refractivity (Wildman–Crippen MR) is 82.2 cm³/mol. The summed E-state index contributed by atoms with van der Waals surface area (Å²) < 4.78 is 1.17. The lowest BCUT2D eigenvalue weighted by Gasteiger charge is -2.33. The summed E-state index contributed by atoms with van der Waals surface area (Å²) in [6, 6.07) is 5.83. The van der Waals surface area contributed by atoms with Gasteiger partial charge in [-0.25, -0.2) is 4.98 Å². The van der Waals surface area contributed by atoms with Gasteiger partial charge in [-0.3, -0.25) is 9.69 Å². The number of amides is 1. The first-order chi connectivity index (χ1) is 9.61. The molecule has 1 aliphatic heterocycles. The zero-order chi connectivity index (χ0) is 14.1. The first kappa shape index (κ1) is 13.8. The molecule has 1 fully saturated rings. The second-order valence-electron chi connectivity index (χ2n) is 5.00. The second kappa shape index (κ2) is 5.68. The van der Waals surface area contributed by atoms with Gasteiger partial charge in [0.1, 0.15) is 5.01 Å². The highest BCUT2D eigenvalue weighted by atomic mass is 35.5. The lowest BCUT2D eigenvalue weighted by Crippen LogP contribution is -2.47. The van der Waals surface area contributed by atoms with Crippen LogP contribution < -0.4 is 0 Å². The quantitative estimate of drug-likeness (QED) is 0.855. The van der Waals surface area contributed by atoms with Gasteiger partial charge in [-0.2, -0.15) is 0 Å². The maximum atomic E-state index is 11.3. The molecule has 4 nitrogen and oxygen atoms in total. The predicted octanol–water partition coefficient (Wildman–Crippen LogP) is 2.61. The van der Waals surface area contributed by atoms with Crippen LogP contribution in [0.2, 0.25) is 5.02 Å². The number of carbonyl (C=O) groups excluding carboxylic acids is 1. The van der Waals surface area contributed by atoms with Crippen LogP contribution in [-0.2, 0) is 11.3 Å². The Balaban J connectivity index is 1.66. The monoisotopic (exact) mass is 309 g/mol. The average Bonchev–Trinajstić information content (AvgIpc) is 2.80. The number of halogens is 1. The third-order valence-electron chi connectivity index (χ3n) is 3.57. The topological polar surface area (TPSA) is 36.4 Å². The van der Waals surface area contributed by atoms with Gasteiger partial charge in [0.25, 0.3) is 0 Å². The molecule has 6 heteroatoms. The third kappa shape index (κ3) is 2.95. The van der Waals surface area contributed by atoms with E-state index in [0.29, 0.717) is 0 Å². The minimum absolute atomic E-state index is 0.166. The van der Waals surface area contributed by atoms with Gasteiger partial charge in [-0.15, -0.1) is 11.3 Å². The van der Waals surface area contributed by atoms with Gasteiger partial charge in [-0.05, 0) is 18.2 Å². The summed E-state index contributed by atoms with van der Waals surface area (Å²) in [6.45, 7) is 5.93. The molecule has 3 rings (SSSR count). The van der Waals surface area contributed by atoms with E-state index in [1.165, 1.54) is 4.70 Å². The van der Waals surface area contributed by atoms with Crippen molar-refractivity contribution in [1.29, 1.82) is 0 Å². The Labute approximate surface area is 127 Å². The molecule has 1 saturated heterocycles. The van der Waals surface area contributed by atoms with E-state index in [0.717, 1.165) is 48.3 Å². The number of piperazine rings is 1. The molecule has 2 aromatic rings. The Bertz CT molecular complexity index is 634. The highest BCUT2D eigenvalue weighted by Gasteiger charge is 2.19. The minimum Gasteiger partial charge on any atom is -0.340 e. The maximum Gasteiger partial charge on any atom is 0.219 e. The summed E-state index contributed by atoms with van der Waals surface area (Å²) in [7, 11) is 0. The Morgan fingerprint density at radius 2 is 2.10 bits per heavy atom. The number of aromatic nitrogens is 1. The number of carbonyl (C=O) groups is 1. The van der Waals surface area contributed by atoms with Crippen molar-refractivity contribution in [3.05, 3.63) is 28.2 Å². The van der Waals surface area contributed by atoms with Crippen molar-refractivity contribution in [3.63, 3.8) is 0 Å². The Morgan fingerprint density at radius 1 is 1.35 bits per heavy atom. The second-order valence-corrected chi connectivity index (χ2v) is 6.55. The van der Waals surface area contributed by atoms with E-state index in [2.05, 4.69) is 9.88 Å². The van der Waals surface area contributed by atoms with Gasteiger partial charge >= 0.3 is 0 Å². The molecule has 1 aliphatic rings. The number of nitrogens with zero attached hydrogens (tertiary/aromatic N) is 3. The Kier molecular flexibility index (Phi) is 3.92. The van der Waals surface area contributed by atoms with Crippen molar-refractivity contribution in [2.75, 3.05) is 26.2 Å². The first-order valence-electron chi connectivity index (χ1n) is 6.64. The summed E-state index contributed by atoms with van der Waals surface area (Å²) in [5, 5.41) is 1.84. The molecule has 0 aliphatic carbocycles. The molecule has 0 radical (unpaired) electrons. The van der Waals surface area contributed by atoms with Crippen molar-refractivity contribution < 1.29 is 4.79 Å². The van der Waals surface area contributed by atoms with E-state index in [1.807, 2.05) is 23.1 Å². The highest BCUT2D eigenvalue weighted by molar-refractivity contribution is 7.18. The van der Waals surface area contributed by atoms with Crippen LogP contribution in [0.15, 0.2) is 18.2 Å². The lowest BCUT2D eigenvalue weighted by atomic mass is 10.3. The largest absolute Gasteiger partial charge is 0.340 e. The summed E-state index contributed by atoms with van der Waals surface area (Å²) in [5.74, 6) is 0.166. The summed E-state index contributed by atoms with van der Waals surface area (Å²) in [4.78, 5) is 20.2. The van der Waals surface area contributed by atoms with Gasteiger partial charge in [0, 0.05) is 38.1 Å². The molecular formula is C14H16ClN3OS. The van der Waals surface area contributed by atoms with Gasteiger partial charge in [-0.1, -0.05) is 11.6 Å². The van der Waals surface area contributed by atoms with E-state index < -0.39 is 0 Å². The fraction of sp³-hybridized carbons (Fsp3) is 0.429. The molecule has 0 bridgehead atoms. The number of thiazole rings is 1. The van der Waals surface area contributed by atoms with Crippen LogP contribution in [-0.4, -0.2) is 46.9 Å². The number of rotatable bonds is 2. The molecule has 0 unspecified atom stereocenters. The van der Waals surface area contributed by atoms with E-state index in [1.54, 1.807) is 18.3 Å². The standard InChI is InChI=1S/C14H16ClN3OS/c1-10(19)18-6-4-17(5-7-18)9-14-16-12-8-11(15)2-3-13(12)20-14/h2-3,8H,4-7,9H2,1H3. The molecule has 2 heterocycles. The third-order valence-corrected chi connectivity index (χ3v) is 4.83. The highest BCUT2D eigenvalue weighted by Crippen LogP contribution is 2.25. The molecule has 0 N–H and O–H groups in total. The maximum absolute atomic E-state index is 11.3. The molecule has 0 atom stereocenters. The van der Waals surface area contributed by atoms with Crippen molar-refractivity contribution >= 4 is 39.1 Å². The zero-order valence-corrected chi connectivity index (χ0v) is 12.9. The van der Waals surface area contributed by atoms with E-state index in [4.69, 9.17) is 11.6 Å². The molecule has 1 aromatic heterocycles. The van der Waals surface area contributed by atoms with Crippen molar-refractivity contribution in [2.45, 2.75) is 13.5 Å². The van der Waals surface area contributed by atoms with E-state index in [9.17, 15) is 4.79 Å². The van der Waals surface area contributed by atoms with Crippen LogP contribution >= 0.6 is 22.9 Å². The Hall–Kier alpha value is -1.17. The zero-order valence-electron chi connectivity index (χ0n) is 11.3. The number of hydrogen-bond donors (Lipinski definition) is 0. The number of fused-ring (bicyclic) bond motifs is 1. The van der Waals surface area contributed by atoms with Crippen molar-refractivity contribution in [2.24, 2.45) is 0 Å². The molecule has 20 heavy (non-hydrogen) atoms. The molecule has 0 saturated carbocycles. The molecule has 1 amide bonds. The van der Waals surface area contributed by atoms with Crippen LogP contribution in [0.4, 0.5) is 0 Å². The Morgan fingerprint density at radius 3 is 2.80 bits per heavy atom. The molecule has 1 aromatic carbocycles. The number of hydrogen-bond acceptors (Lipinski definition) is 4. The fourth-order valence-electron chi connectivity index (χ4n) is 2.43. The van der Waals surface area contributed by atoms with Gasteiger partial charge in [0.05, 0.1) is 16.8 Å². The summed E-state index contributed by atoms with van der Waals surface area (Å²) in [5.41, 5.74) is 0.972. The normalized spacial score (nSPS) is 16.8. The minimum atomic E-state index is 0.166. The fourth-order valence-corrected chi connectivity index (χ4v) is 3.58. The molecule has 0 spiro atoms. The van der Waals surface area contributed by atoms with Gasteiger partial charge < -0.3 is 4.90 Å². The summed E-state index contributed by atoms with van der Waals surface area (Å²) in [6.07, 6.45) is 0. The van der Waals surface area contributed by atoms with Crippen LogP contribution in [0, 0.1) is 0 Å². The lowest BCUT2D eigenvalue weighted by molar-refractivity contribution is -0.130. The summed E-state index contributed by atoms with van der Waals surface area (Å²) >= 11 is 7.70. The average molecular weight is 310 g/mol. The van der Waals surface area contributed by atoms with Gasteiger partial charge in [0.15, 0.2) is 0 Å². The molecular weight excluding hydrogens is 294 g/mol. The van der Waals surface area contributed by atoms with Gasteiger partial charge in [0.2, 0.25) is 5.91 Å². The molecule has 106 valence electrons. The number of benzene rings is 1. The first-order valence-corrected chi connectivity index (χ1v) is 7.84. The SMILES string of the molecule is CC(=O)N1CCN(Cc2nc3cc(Cl)ccc3s2)CC1. The van der Waals surface area contributed by atoms with Crippen molar-refractivity contribution in [3.8, 4) is 0 Å². The van der Waals surface area contributed by atoms with Crippen molar-refractivity contribution in [1.82, 2.24) is 14.8 Å². The van der Waals surface area contributed by atoms with Crippen LogP contribution in [0.25, 0.3) is 10.2 Å². The van der Waals surface area contributed by atoms with Crippen LogP contribution in [0.5, 0.6) is 0 Å². The van der Waals surface area contributed by atoms with E-state index >= 15 is 0 Å². The van der Waals surface area contributed by atoms with Crippen LogP contribution in [0.1, 0.15) is 11.9 Å². The van der Waals surface area contributed by atoms with Crippen LogP contribution in [0.3, 0.4) is 0 Å². The van der Waals surface area contributed by atoms with E-state index in [-0.39, 0.29) is 5.91 Å². The smallest absolute Gasteiger partial charge is 0.219 e.